The first kappa shape index (κ1) is 15.7. The lowest BCUT2D eigenvalue weighted by Gasteiger charge is -2.32. The van der Waals surface area contributed by atoms with E-state index in [1.165, 1.54) is 7.11 Å². The molecule has 0 spiro atoms. The van der Waals surface area contributed by atoms with Gasteiger partial charge >= 0.3 is 5.97 Å². The Morgan fingerprint density at radius 2 is 2.29 bits per heavy atom. The number of nitrogens with zero attached hydrogens (tertiary/aromatic N) is 1. The highest BCUT2D eigenvalue weighted by Crippen LogP contribution is 2.19. The van der Waals surface area contributed by atoms with E-state index in [1.54, 1.807) is 24.3 Å². The summed E-state index contributed by atoms with van der Waals surface area (Å²) in [6.07, 6.45) is 0. The van der Waals surface area contributed by atoms with Crippen LogP contribution < -0.4 is 5.73 Å². The third-order valence-corrected chi connectivity index (χ3v) is 5.06. The van der Waals surface area contributed by atoms with Crippen molar-refractivity contribution in [2.75, 3.05) is 32.6 Å². The lowest BCUT2D eigenvalue weighted by atomic mass is 10.2. The van der Waals surface area contributed by atoms with E-state index in [2.05, 4.69) is 4.74 Å². The van der Waals surface area contributed by atoms with Gasteiger partial charge in [-0.15, -0.1) is 0 Å². The number of nitrogen functional groups attached to an aromatic ring is 1. The monoisotopic (exact) mass is 314 g/mol. The summed E-state index contributed by atoms with van der Waals surface area (Å²) in [6.45, 7) is 0.386. The van der Waals surface area contributed by atoms with Crippen molar-refractivity contribution in [3.8, 4) is 0 Å². The molecule has 1 atom stereocenters. The number of hydrogen-bond donors (Lipinski definition) is 1. The molecule has 116 valence electrons. The number of nitrogens with two attached hydrogens (primary N) is 1. The van der Waals surface area contributed by atoms with Crippen LogP contribution in [0.2, 0.25) is 0 Å². The maximum atomic E-state index is 12.5. The second-order valence-electron chi connectivity index (χ2n) is 4.73. The van der Waals surface area contributed by atoms with E-state index in [0.717, 1.165) is 4.31 Å². The Hall–Kier alpha value is -1.64. The van der Waals surface area contributed by atoms with Crippen LogP contribution in [0.5, 0.6) is 0 Å². The summed E-state index contributed by atoms with van der Waals surface area (Å²) in [6, 6.07) is 5.72. The number of methoxy groups -OCH3 is 1. The van der Waals surface area contributed by atoms with Crippen molar-refractivity contribution in [2.45, 2.75) is 11.8 Å². The number of esters is 1. The van der Waals surface area contributed by atoms with Crippen molar-refractivity contribution in [3.63, 3.8) is 0 Å². The maximum absolute atomic E-state index is 12.5. The second-order valence-corrected chi connectivity index (χ2v) is 6.65. The van der Waals surface area contributed by atoms with E-state index in [9.17, 15) is 13.2 Å². The highest BCUT2D eigenvalue weighted by molar-refractivity contribution is 7.88. The van der Waals surface area contributed by atoms with Gasteiger partial charge in [-0.2, -0.15) is 4.31 Å². The number of benzene rings is 1. The number of sulfonamides is 1. The number of rotatable bonds is 4. The summed E-state index contributed by atoms with van der Waals surface area (Å²) in [4.78, 5) is 11.7. The van der Waals surface area contributed by atoms with E-state index < -0.39 is 22.0 Å². The van der Waals surface area contributed by atoms with E-state index in [4.69, 9.17) is 10.5 Å². The summed E-state index contributed by atoms with van der Waals surface area (Å²) in [5.74, 6) is -0.836. The first-order valence-corrected chi connectivity index (χ1v) is 8.04. The van der Waals surface area contributed by atoms with Crippen molar-refractivity contribution >= 4 is 21.7 Å². The summed E-state index contributed by atoms with van der Waals surface area (Å²) in [5.41, 5.74) is 6.72. The van der Waals surface area contributed by atoms with E-state index >= 15 is 0 Å². The number of carbonyl (C=O) groups is 1. The van der Waals surface area contributed by atoms with Crippen LogP contribution >= 0.6 is 0 Å². The summed E-state index contributed by atoms with van der Waals surface area (Å²) in [5, 5.41) is 0. The van der Waals surface area contributed by atoms with Gasteiger partial charge in [-0.1, -0.05) is 12.1 Å². The molecule has 1 aromatic rings. The zero-order chi connectivity index (χ0) is 15.5. The second kappa shape index (κ2) is 6.42. The third kappa shape index (κ3) is 3.72. The number of carbonyl (C=O) groups excluding carboxylic acids is 1. The predicted octanol–water partition coefficient (Wildman–Crippen LogP) is -0.0276. The van der Waals surface area contributed by atoms with Gasteiger partial charge in [0.2, 0.25) is 10.0 Å². The zero-order valence-electron chi connectivity index (χ0n) is 11.7. The fourth-order valence-corrected chi connectivity index (χ4v) is 3.87. The smallest absolute Gasteiger partial charge is 0.326 e. The largest absolute Gasteiger partial charge is 0.468 e. The van der Waals surface area contributed by atoms with E-state index in [1.807, 2.05) is 0 Å². The fourth-order valence-electron chi connectivity index (χ4n) is 2.22. The molecular formula is C13H18N2O5S. The van der Waals surface area contributed by atoms with Gasteiger partial charge in [-0.05, 0) is 17.7 Å². The molecule has 7 nitrogen and oxygen atoms in total. The van der Waals surface area contributed by atoms with Gasteiger partial charge in [0, 0.05) is 12.2 Å². The molecule has 0 amide bonds. The Morgan fingerprint density at radius 1 is 1.52 bits per heavy atom. The molecule has 1 aliphatic rings. The molecule has 0 radical (unpaired) electrons. The molecule has 1 unspecified atom stereocenters. The lowest BCUT2D eigenvalue weighted by Crippen LogP contribution is -2.53. The first-order valence-electron chi connectivity index (χ1n) is 6.43. The molecule has 0 aliphatic carbocycles. The van der Waals surface area contributed by atoms with Crippen LogP contribution in [0.3, 0.4) is 0 Å². The molecule has 1 fully saturated rings. The molecule has 1 aromatic carbocycles. The number of hydrogen-bond acceptors (Lipinski definition) is 6. The Labute approximate surface area is 123 Å². The van der Waals surface area contributed by atoms with Gasteiger partial charge in [0.05, 0.1) is 26.1 Å². The van der Waals surface area contributed by atoms with Gasteiger partial charge in [-0.25, -0.2) is 8.42 Å². The van der Waals surface area contributed by atoms with Crippen molar-refractivity contribution < 1.29 is 22.7 Å². The molecular weight excluding hydrogens is 296 g/mol. The van der Waals surface area contributed by atoms with Gasteiger partial charge < -0.3 is 15.2 Å². The molecule has 21 heavy (non-hydrogen) atoms. The van der Waals surface area contributed by atoms with Crippen molar-refractivity contribution in [1.29, 1.82) is 0 Å². The Morgan fingerprint density at radius 3 is 2.95 bits per heavy atom. The Kier molecular flexibility index (Phi) is 4.81. The van der Waals surface area contributed by atoms with E-state index in [0.29, 0.717) is 11.3 Å². The maximum Gasteiger partial charge on any atom is 0.326 e. The van der Waals surface area contributed by atoms with Crippen LogP contribution in [0.25, 0.3) is 0 Å². The minimum atomic E-state index is -3.66. The van der Waals surface area contributed by atoms with Crippen LogP contribution in [0.4, 0.5) is 5.69 Å². The normalized spacial score (nSPS) is 20.1. The van der Waals surface area contributed by atoms with Gasteiger partial charge in [0.1, 0.15) is 6.04 Å². The number of ether oxygens (including phenoxy) is 2. The first-order chi connectivity index (χ1) is 9.94. The van der Waals surface area contributed by atoms with Crippen LogP contribution in [0, 0.1) is 0 Å². The minimum Gasteiger partial charge on any atom is -0.468 e. The van der Waals surface area contributed by atoms with Crippen LogP contribution in [0.1, 0.15) is 5.56 Å². The highest BCUT2D eigenvalue weighted by atomic mass is 32.2. The molecule has 2 rings (SSSR count). The Balaban J connectivity index is 2.22. The molecule has 1 saturated heterocycles. The van der Waals surface area contributed by atoms with Gasteiger partial charge in [-0.3, -0.25) is 4.79 Å². The summed E-state index contributed by atoms with van der Waals surface area (Å²) < 4.78 is 36.0. The minimum absolute atomic E-state index is 0.00281. The lowest BCUT2D eigenvalue weighted by molar-refractivity contribution is -0.149. The quantitative estimate of drug-likeness (QED) is 0.619. The molecule has 0 saturated carbocycles. The van der Waals surface area contributed by atoms with Crippen LogP contribution in [-0.4, -0.2) is 51.6 Å². The topological polar surface area (TPSA) is 98.9 Å². The molecule has 8 heteroatoms. The number of anilines is 1. The summed E-state index contributed by atoms with van der Waals surface area (Å²) in [7, 11) is -2.44. The molecule has 2 N–H and O–H groups in total. The highest BCUT2D eigenvalue weighted by Gasteiger charge is 2.38. The van der Waals surface area contributed by atoms with Crippen molar-refractivity contribution in [2.24, 2.45) is 0 Å². The number of morpholine rings is 1. The molecule has 0 bridgehead atoms. The van der Waals surface area contributed by atoms with Crippen LogP contribution in [0.15, 0.2) is 24.3 Å². The summed E-state index contributed by atoms with van der Waals surface area (Å²) >= 11 is 0. The average molecular weight is 314 g/mol. The SMILES string of the molecule is COC(=O)C1COCCN1S(=O)(=O)Cc1cccc(N)c1. The molecule has 0 aromatic heterocycles. The van der Waals surface area contributed by atoms with Crippen LogP contribution in [-0.2, 0) is 30.0 Å². The molecule has 1 aliphatic heterocycles. The Bertz CT molecular complexity index is 617. The van der Waals surface area contributed by atoms with Gasteiger partial charge in [0.25, 0.3) is 0 Å². The van der Waals surface area contributed by atoms with E-state index in [-0.39, 0.29) is 25.5 Å². The molecule has 1 heterocycles. The van der Waals surface area contributed by atoms with Gasteiger partial charge in [0.15, 0.2) is 0 Å². The van der Waals surface area contributed by atoms with Crippen molar-refractivity contribution in [3.05, 3.63) is 29.8 Å². The average Bonchev–Trinajstić information content (AvgIpc) is 2.46. The van der Waals surface area contributed by atoms with Crippen molar-refractivity contribution in [1.82, 2.24) is 4.31 Å². The zero-order valence-corrected chi connectivity index (χ0v) is 12.5. The third-order valence-electron chi connectivity index (χ3n) is 3.21. The predicted molar refractivity (Wildman–Crippen MR) is 76.8 cm³/mol. The standard InChI is InChI=1S/C13H18N2O5S/c1-19-13(16)12-8-20-6-5-15(12)21(17,18)9-10-3-2-4-11(14)7-10/h2-4,7,12H,5-6,8-9,14H2,1H3. The fraction of sp³-hybridized carbons (Fsp3) is 0.462.